The molecule has 0 aliphatic carbocycles. The van der Waals surface area contributed by atoms with Crippen LogP contribution in [0.3, 0.4) is 0 Å². The van der Waals surface area contributed by atoms with E-state index in [-0.39, 0.29) is 5.82 Å². The Morgan fingerprint density at radius 1 is 1.13 bits per heavy atom. The van der Waals surface area contributed by atoms with E-state index < -0.39 is 6.10 Å². The molecule has 1 aromatic heterocycles. The minimum absolute atomic E-state index is 0.359. The van der Waals surface area contributed by atoms with Crippen molar-refractivity contribution in [2.45, 2.75) is 6.10 Å². The number of aromatic nitrogens is 1. The summed E-state index contributed by atoms with van der Waals surface area (Å²) in [6.07, 6.45) is 0.722. The van der Waals surface area contributed by atoms with E-state index in [0.29, 0.717) is 11.3 Å². The van der Waals surface area contributed by atoms with Gasteiger partial charge in [-0.3, -0.25) is 4.98 Å². The highest BCUT2D eigenvalue weighted by molar-refractivity contribution is 5.25. The zero-order chi connectivity index (χ0) is 10.7. The van der Waals surface area contributed by atoms with Crippen LogP contribution in [-0.4, -0.2) is 10.1 Å². The molecule has 1 atom stereocenters. The molecule has 15 heavy (non-hydrogen) atoms. The van der Waals surface area contributed by atoms with E-state index >= 15 is 0 Å². The quantitative estimate of drug-likeness (QED) is 0.812. The van der Waals surface area contributed by atoms with Crippen molar-refractivity contribution < 1.29 is 9.50 Å². The maximum Gasteiger partial charge on any atom is 0.123 e. The fraction of sp³-hybridized carbons (Fsp3) is 0.0833. The van der Waals surface area contributed by atoms with E-state index in [1.165, 1.54) is 12.1 Å². The SMILES string of the molecule is O[C@H](c1cccc(F)c1)c1ccccn1. The first-order valence-corrected chi connectivity index (χ1v) is 4.62. The molecule has 76 valence electrons. The predicted molar refractivity (Wildman–Crippen MR) is 54.7 cm³/mol. The van der Waals surface area contributed by atoms with Gasteiger partial charge in [0.1, 0.15) is 11.9 Å². The van der Waals surface area contributed by atoms with Crippen molar-refractivity contribution in [3.63, 3.8) is 0 Å². The molecule has 1 heterocycles. The molecule has 0 amide bonds. The molecule has 0 aliphatic heterocycles. The molecular weight excluding hydrogens is 193 g/mol. The van der Waals surface area contributed by atoms with Gasteiger partial charge in [0.05, 0.1) is 5.69 Å². The summed E-state index contributed by atoms with van der Waals surface area (Å²) < 4.78 is 12.9. The lowest BCUT2D eigenvalue weighted by atomic mass is 10.1. The van der Waals surface area contributed by atoms with Gasteiger partial charge in [-0.15, -0.1) is 0 Å². The summed E-state index contributed by atoms with van der Waals surface area (Å²) in [5.41, 5.74) is 1.02. The lowest BCUT2D eigenvalue weighted by Crippen LogP contribution is -2.01. The molecule has 0 aliphatic rings. The highest BCUT2D eigenvalue weighted by atomic mass is 19.1. The van der Waals surface area contributed by atoms with Crippen LogP contribution in [0.15, 0.2) is 48.7 Å². The molecule has 1 aromatic carbocycles. The van der Waals surface area contributed by atoms with Crippen LogP contribution in [0, 0.1) is 5.82 Å². The zero-order valence-corrected chi connectivity index (χ0v) is 7.97. The fourth-order valence-electron chi connectivity index (χ4n) is 1.39. The fourth-order valence-corrected chi connectivity index (χ4v) is 1.39. The van der Waals surface area contributed by atoms with Crippen LogP contribution in [0.5, 0.6) is 0 Å². The third-order valence-electron chi connectivity index (χ3n) is 2.13. The topological polar surface area (TPSA) is 33.1 Å². The van der Waals surface area contributed by atoms with Crippen molar-refractivity contribution in [3.05, 3.63) is 65.7 Å². The lowest BCUT2D eigenvalue weighted by Gasteiger charge is -2.09. The van der Waals surface area contributed by atoms with Crippen LogP contribution in [0.25, 0.3) is 0 Å². The average molecular weight is 203 g/mol. The van der Waals surface area contributed by atoms with E-state index in [9.17, 15) is 9.50 Å². The molecule has 2 nitrogen and oxygen atoms in total. The molecule has 0 radical (unpaired) electrons. The van der Waals surface area contributed by atoms with Crippen molar-refractivity contribution in [1.82, 2.24) is 4.98 Å². The summed E-state index contributed by atoms with van der Waals surface area (Å²) in [6, 6.07) is 11.1. The minimum atomic E-state index is -0.873. The molecule has 3 heteroatoms. The third kappa shape index (κ3) is 2.19. The second-order valence-electron chi connectivity index (χ2n) is 3.21. The van der Waals surface area contributed by atoms with Crippen molar-refractivity contribution in [3.8, 4) is 0 Å². The number of benzene rings is 1. The number of hydrogen-bond donors (Lipinski definition) is 1. The number of halogens is 1. The van der Waals surface area contributed by atoms with Crippen LogP contribution in [0.2, 0.25) is 0 Å². The van der Waals surface area contributed by atoms with Crippen LogP contribution in [0.1, 0.15) is 17.4 Å². The highest BCUT2D eigenvalue weighted by Crippen LogP contribution is 2.19. The van der Waals surface area contributed by atoms with Gasteiger partial charge < -0.3 is 5.11 Å². The van der Waals surface area contributed by atoms with E-state index in [1.807, 2.05) is 0 Å². The maximum atomic E-state index is 12.9. The molecular formula is C12H10FNO. The zero-order valence-electron chi connectivity index (χ0n) is 7.97. The summed E-state index contributed by atoms with van der Waals surface area (Å²) in [5.74, 6) is -0.359. The van der Waals surface area contributed by atoms with E-state index in [4.69, 9.17) is 0 Å². The van der Waals surface area contributed by atoms with Gasteiger partial charge in [-0.1, -0.05) is 18.2 Å². The van der Waals surface area contributed by atoms with Gasteiger partial charge in [-0.25, -0.2) is 4.39 Å². The number of aliphatic hydroxyl groups is 1. The van der Waals surface area contributed by atoms with Crippen molar-refractivity contribution in [2.75, 3.05) is 0 Å². The molecule has 0 fully saturated rings. The van der Waals surface area contributed by atoms with E-state index in [0.717, 1.165) is 0 Å². The lowest BCUT2D eigenvalue weighted by molar-refractivity contribution is 0.215. The van der Waals surface area contributed by atoms with Crippen LogP contribution in [0.4, 0.5) is 4.39 Å². The Morgan fingerprint density at radius 3 is 2.67 bits per heavy atom. The molecule has 2 rings (SSSR count). The number of hydrogen-bond acceptors (Lipinski definition) is 2. The van der Waals surface area contributed by atoms with Crippen molar-refractivity contribution >= 4 is 0 Å². The second-order valence-corrected chi connectivity index (χ2v) is 3.21. The first-order chi connectivity index (χ1) is 7.27. The standard InChI is InChI=1S/C12H10FNO/c13-10-5-3-4-9(8-10)12(15)11-6-1-2-7-14-11/h1-8,12,15H/t12-/m1/s1. The molecule has 0 spiro atoms. The second kappa shape index (κ2) is 4.19. The molecule has 2 aromatic rings. The monoisotopic (exact) mass is 203 g/mol. The van der Waals surface area contributed by atoms with Gasteiger partial charge in [0, 0.05) is 6.20 Å². The van der Waals surface area contributed by atoms with Gasteiger partial charge in [0.2, 0.25) is 0 Å². The van der Waals surface area contributed by atoms with Gasteiger partial charge in [-0.2, -0.15) is 0 Å². The third-order valence-corrected chi connectivity index (χ3v) is 2.13. The number of pyridine rings is 1. The summed E-state index contributed by atoms with van der Waals surface area (Å²) in [5, 5.41) is 9.89. The number of rotatable bonds is 2. The predicted octanol–water partition coefficient (Wildman–Crippen LogP) is 2.30. The smallest absolute Gasteiger partial charge is 0.123 e. The number of nitrogens with zero attached hydrogens (tertiary/aromatic N) is 1. The van der Waals surface area contributed by atoms with Crippen LogP contribution >= 0.6 is 0 Å². The van der Waals surface area contributed by atoms with E-state index in [1.54, 1.807) is 36.5 Å². The van der Waals surface area contributed by atoms with Crippen LogP contribution < -0.4 is 0 Å². The number of aliphatic hydroxyl groups excluding tert-OH is 1. The van der Waals surface area contributed by atoms with Crippen molar-refractivity contribution in [1.29, 1.82) is 0 Å². The summed E-state index contributed by atoms with van der Waals surface area (Å²) >= 11 is 0. The highest BCUT2D eigenvalue weighted by Gasteiger charge is 2.11. The Morgan fingerprint density at radius 2 is 2.00 bits per heavy atom. The molecule has 1 N–H and O–H groups in total. The first-order valence-electron chi connectivity index (χ1n) is 4.62. The average Bonchev–Trinajstić information content (AvgIpc) is 2.29. The molecule has 0 saturated heterocycles. The summed E-state index contributed by atoms with van der Waals surface area (Å²) in [6.45, 7) is 0. The van der Waals surface area contributed by atoms with Gasteiger partial charge >= 0.3 is 0 Å². The molecule has 0 bridgehead atoms. The normalized spacial score (nSPS) is 12.4. The van der Waals surface area contributed by atoms with Crippen LogP contribution in [-0.2, 0) is 0 Å². The minimum Gasteiger partial charge on any atom is -0.382 e. The Bertz CT molecular complexity index is 444. The molecule has 0 saturated carbocycles. The van der Waals surface area contributed by atoms with Gasteiger partial charge in [-0.05, 0) is 29.8 Å². The Balaban J connectivity index is 2.32. The van der Waals surface area contributed by atoms with E-state index in [2.05, 4.69) is 4.98 Å². The van der Waals surface area contributed by atoms with Crippen molar-refractivity contribution in [2.24, 2.45) is 0 Å². The summed E-state index contributed by atoms with van der Waals surface area (Å²) in [7, 11) is 0. The van der Waals surface area contributed by atoms with Gasteiger partial charge in [0.25, 0.3) is 0 Å². The Labute approximate surface area is 87.0 Å². The molecule has 0 unspecified atom stereocenters. The summed E-state index contributed by atoms with van der Waals surface area (Å²) in [4.78, 5) is 4.01. The first kappa shape index (κ1) is 9.80. The van der Waals surface area contributed by atoms with Gasteiger partial charge in [0.15, 0.2) is 0 Å². The maximum absolute atomic E-state index is 12.9. The Hall–Kier alpha value is -1.74. The Kier molecular flexibility index (Phi) is 2.74. The largest absolute Gasteiger partial charge is 0.382 e.